The number of methoxy groups -OCH3 is 1. The van der Waals surface area contributed by atoms with Crippen molar-refractivity contribution in [3.8, 4) is 11.5 Å². The van der Waals surface area contributed by atoms with Crippen molar-refractivity contribution in [2.24, 2.45) is 4.99 Å². The van der Waals surface area contributed by atoms with Gasteiger partial charge in [0.1, 0.15) is 11.5 Å². The molecule has 0 spiro atoms. The Kier molecular flexibility index (Phi) is 7.76. The topological polar surface area (TPSA) is 69.1 Å². The van der Waals surface area contributed by atoms with Crippen LogP contribution in [0.5, 0.6) is 11.5 Å². The summed E-state index contributed by atoms with van der Waals surface area (Å²) < 4.78 is 5.25. The van der Waals surface area contributed by atoms with Gasteiger partial charge in [-0.2, -0.15) is 0 Å². The van der Waals surface area contributed by atoms with Gasteiger partial charge in [0.25, 0.3) is 0 Å². The number of nitrogens with one attached hydrogen (secondary N) is 2. The average Bonchev–Trinajstić information content (AvgIpc) is 3.28. The normalized spacial score (nSPS) is 15.9. The smallest absolute Gasteiger partial charge is 0.191 e. The number of phenols is 1. The summed E-state index contributed by atoms with van der Waals surface area (Å²) in [5.41, 5.74) is 2.06. The Balaban J connectivity index is 1.70. The van der Waals surface area contributed by atoms with Crippen molar-refractivity contribution in [1.82, 2.24) is 15.5 Å². The van der Waals surface area contributed by atoms with Crippen molar-refractivity contribution in [3.63, 3.8) is 0 Å². The van der Waals surface area contributed by atoms with E-state index in [2.05, 4.69) is 57.8 Å². The molecule has 0 radical (unpaired) electrons. The number of phenolic OH excluding ortho intramolecular Hbond substituents is 1. The van der Waals surface area contributed by atoms with E-state index in [1.165, 1.54) is 18.4 Å². The first-order valence-electron chi connectivity index (χ1n) is 10.4. The lowest BCUT2D eigenvalue weighted by atomic mass is 10.1. The van der Waals surface area contributed by atoms with Gasteiger partial charge in [-0.1, -0.05) is 30.3 Å². The van der Waals surface area contributed by atoms with Gasteiger partial charge in [0.05, 0.1) is 19.7 Å². The van der Waals surface area contributed by atoms with E-state index in [0.717, 1.165) is 37.7 Å². The van der Waals surface area contributed by atoms with Crippen LogP contribution in [0.2, 0.25) is 0 Å². The lowest BCUT2D eigenvalue weighted by Gasteiger charge is -2.29. The zero-order valence-corrected chi connectivity index (χ0v) is 17.4. The number of aromatic hydroxyl groups is 1. The van der Waals surface area contributed by atoms with E-state index in [1.54, 1.807) is 19.2 Å². The molecule has 1 atom stereocenters. The Hall–Kier alpha value is -2.73. The summed E-state index contributed by atoms with van der Waals surface area (Å²) in [5, 5.41) is 16.9. The van der Waals surface area contributed by atoms with Gasteiger partial charge in [0, 0.05) is 18.7 Å². The number of hydrogen-bond acceptors (Lipinski definition) is 4. The van der Waals surface area contributed by atoms with Crippen molar-refractivity contribution < 1.29 is 9.84 Å². The molecule has 1 saturated heterocycles. The molecular weight excluding hydrogens is 364 g/mol. The monoisotopic (exact) mass is 396 g/mol. The second kappa shape index (κ2) is 10.7. The van der Waals surface area contributed by atoms with E-state index in [-0.39, 0.29) is 5.75 Å². The molecule has 0 aliphatic carbocycles. The first-order chi connectivity index (χ1) is 14.2. The molecule has 0 aromatic heterocycles. The zero-order valence-electron chi connectivity index (χ0n) is 17.4. The van der Waals surface area contributed by atoms with Crippen LogP contribution in [0.1, 0.15) is 36.9 Å². The molecule has 6 nitrogen and oxygen atoms in total. The third kappa shape index (κ3) is 5.87. The fraction of sp³-hybridized carbons (Fsp3) is 0.435. The molecule has 0 bridgehead atoms. The molecule has 3 N–H and O–H groups in total. The van der Waals surface area contributed by atoms with Crippen molar-refractivity contribution in [2.45, 2.75) is 32.4 Å². The van der Waals surface area contributed by atoms with E-state index in [0.29, 0.717) is 18.3 Å². The molecular formula is C23H32N4O2. The molecule has 6 heteroatoms. The second-order valence-electron chi connectivity index (χ2n) is 7.24. The summed E-state index contributed by atoms with van der Waals surface area (Å²) in [7, 11) is 1.62. The highest BCUT2D eigenvalue weighted by atomic mass is 16.5. The number of aliphatic imine (C=N–C) groups is 1. The van der Waals surface area contributed by atoms with Crippen LogP contribution in [0.4, 0.5) is 0 Å². The minimum absolute atomic E-state index is 0.227. The number of likely N-dealkylation sites (tertiary alicyclic amines) is 1. The van der Waals surface area contributed by atoms with Crippen LogP contribution in [0, 0.1) is 0 Å². The largest absolute Gasteiger partial charge is 0.508 e. The van der Waals surface area contributed by atoms with Gasteiger partial charge in [-0.15, -0.1) is 0 Å². The molecule has 2 aromatic rings. The lowest BCUT2D eigenvalue weighted by molar-refractivity contribution is 0.245. The van der Waals surface area contributed by atoms with Crippen LogP contribution in [0.25, 0.3) is 0 Å². The highest BCUT2D eigenvalue weighted by Crippen LogP contribution is 2.25. The molecule has 3 rings (SSSR count). The number of benzene rings is 2. The number of hydrogen-bond donors (Lipinski definition) is 3. The molecule has 1 fully saturated rings. The maximum atomic E-state index is 10.1. The first kappa shape index (κ1) is 21.0. The summed E-state index contributed by atoms with van der Waals surface area (Å²) in [6, 6.07) is 16.2. The first-order valence-corrected chi connectivity index (χ1v) is 10.4. The van der Waals surface area contributed by atoms with Crippen LogP contribution in [0.15, 0.2) is 53.5 Å². The Morgan fingerprint density at radius 1 is 1.14 bits per heavy atom. The minimum atomic E-state index is 0.227. The molecule has 0 amide bonds. The van der Waals surface area contributed by atoms with Gasteiger partial charge in [-0.05, 0) is 56.6 Å². The summed E-state index contributed by atoms with van der Waals surface area (Å²) in [6.07, 6.45) is 2.51. The number of nitrogens with zero attached hydrogens (tertiary/aromatic N) is 2. The maximum absolute atomic E-state index is 10.1. The molecule has 0 saturated carbocycles. The van der Waals surface area contributed by atoms with E-state index in [1.807, 2.05) is 6.07 Å². The van der Waals surface area contributed by atoms with E-state index in [4.69, 9.17) is 4.74 Å². The second-order valence-corrected chi connectivity index (χ2v) is 7.24. The van der Waals surface area contributed by atoms with Gasteiger partial charge in [-0.3, -0.25) is 4.90 Å². The van der Waals surface area contributed by atoms with E-state index >= 15 is 0 Å². The van der Waals surface area contributed by atoms with Crippen LogP contribution < -0.4 is 15.4 Å². The fourth-order valence-electron chi connectivity index (χ4n) is 3.70. The third-order valence-electron chi connectivity index (χ3n) is 5.27. The fourth-order valence-corrected chi connectivity index (χ4v) is 3.70. The molecule has 1 aliphatic rings. The predicted octanol–water partition coefficient (Wildman–Crippen LogP) is 3.29. The molecule has 1 unspecified atom stereocenters. The van der Waals surface area contributed by atoms with Gasteiger partial charge in [-0.25, -0.2) is 4.99 Å². The van der Waals surface area contributed by atoms with Crippen LogP contribution in [0.3, 0.4) is 0 Å². The zero-order chi connectivity index (χ0) is 20.5. The summed E-state index contributed by atoms with van der Waals surface area (Å²) in [4.78, 5) is 7.21. The molecule has 2 aromatic carbocycles. The van der Waals surface area contributed by atoms with E-state index < -0.39 is 0 Å². The van der Waals surface area contributed by atoms with Crippen molar-refractivity contribution >= 4 is 5.96 Å². The molecule has 1 aliphatic heterocycles. The van der Waals surface area contributed by atoms with E-state index in [9.17, 15) is 5.11 Å². The van der Waals surface area contributed by atoms with Crippen LogP contribution in [-0.2, 0) is 6.54 Å². The summed E-state index contributed by atoms with van der Waals surface area (Å²) in [6.45, 7) is 6.24. The van der Waals surface area contributed by atoms with Crippen molar-refractivity contribution in [2.75, 3.05) is 33.3 Å². The quantitative estimate of drug-likeness (QED) is 0.472. The third-order valence-corrected chi connectivity index (χ3v) is 5.27. The number of ether oxygens (including phenoxy) is 1. The van der Waals surface area contributed by atoms with Gasteiger partial charge in [0.2, 0.25) is 0 Å². The Labute approximate surface area is 173 Å². The predicted molar refractivity (Wildman–Crippen MR) is 117 cm³/mol. The van der Waals surface area contributed by atoms with Crippen LogP contribution in [-0.4, -0.2) is 49.3 Å². The van der Waals surface area contributed by atoms with Gasteiger partial charge in [0.15, 0.2) is 5.96 Å². The van der Waals surface area contributed by atoms with Crippen molar-refractivity contribution in [1.29, 1.82) is 0 Å². The van der Waals surface area contributed by atoms with Gasteiger partial charge < -0.3 is 20.5 Å². The Morgan fingerprint density at radius 3 is 2.59 bits per heavy atom. The van der Waals surface area contributed by atoms with Crippen LogP contribution >= 0.6 is 0 Å². The number of guanidine groups is 1. The summed E-state index contributed by atoms with van der Waals surface area (Å²) >= 11 is 0. The maximum Gasteiger partial charge on any atom is 0.191 e. The Morgan fingerprint density at radius 2 is 1.90 bits per heavy atom. The highest BCUT2D eigenvalue weighted by Gasteiger charge is 2.23. The molecule has 29 heavy (non-hydrogen) atoms. The minimum Gasteiger partial charge on any atom is -0.508 e. The standard InChI is InChI=1S/C23H32N4O2/c1-3-24-23(25-16-19-15-20(29-2)11-12-22(19)28)26-17-21(27-13-7-8-14-27)18-9-5-4-6-10-18/h4-6,9-12,15,21,28H,3,7-8,13-14,16-17H2,1-2H3,(H2,24,25,26). The van der Waals surface area contributed by atoms with Crippen molar-refractivity contribution in [3.05, 3.63) is 59.7 Å². The average molecular weight is 397 g/mol. The Bertz CT molecular complexity index is 789. The molecule has 1 heterocycles. The number of rotatable bonds is 8. The lowest BCUT2D eigenvalue weighted by Crippen LogP contribution is -2.42. The SMILES string of the molecule is CCNC(=NCc1cc(OC)ccc1O)NCC(c1ccccc1)N1CCCC1. The highest BCUT2D eigenvalue weighted by molar-refractivity contribution is 5.79. The summed E-state index contributed by atoms with van der Waals surface area (Å²) in [5.74, 6) is 1.68. The molecule has 156 valence electrons. The van der Waals surface area contributed by atoms with Gasteiger partial charge >= 0.3 is 0 Å².